The third kappa shape index (κ3) is 6.46. The van der Waals surface area contributed by atoms with Gasteiger partial charge in [0.05, 0.1) is 18.1 Å². The molecule has 0 saturated carbocycles. The molecular weight excluding hydrogens is 394 g/mol. The zero-order valence-electron chi connectivity index (χ0n) is 17.6. The summed E-state index contributed by atoms with van der Waals surface area (Å²) in [5.74, 6) is 0.766. The molecule has 158 valence electrons. The Balaban J connectivity index is 1.57. The van der Waals surface area contributed by atoms with Gasteiger partial charge in [-0.25, -0.2) is 0 Å². The maximum Gasteiger partial charge on any atom is 0.239 e. The van der Waals surface area contributed by atoms with E-state index < -0.39 is 0 Å². The van der Waals surface area contributed by atoms with Gasteiger partial charge in [-0.1, -0.05) is 68.4 Å². The lowest BCUT2D eigenvalue weighted by atomic mass is 10.0. The molecule has 0 bridgehead atoms. The maximum atomic E-state index is 12.3. The number of unbranched alkanes of at least 4 members (excludes halogenated alkanes) is 1. The van der Waals surface area contributed by atoms with Crippen LogP contribution in [0.5, 0.6) is 5.75 Å². The Morgan fingerprint density at radius 2 is 1.83 bits per heavy atom. The number of amides is 1. The minimum Gasteiger partial charge on any atom is -0.493 e. The molecule has 0 spiro atoms. The van der Waals surface area contributed by atoms with E-state index in [1.807, 2.05) is 24.3 Å². The molecule has 1 heterocycles. The number of hydrogen-bond acceptors (Lipinski definition) is 5. The molecule has 3 rings (SSSR count). The largest absolute Gasteiger partial charge is 0.493 e. The minimum absolute atomic E-state index is 0.0179. The van der Waals surface area contributed by atoms with E-state index in [1.54, 1.807) is 6.21 Å². The third-order valence-corrected chi connectivity index (χ3v) is 5.84. The second-order valence-electron chi connectivity index (χ2n) is 7.26. The standard InChI is InChI=1S/C24H29N3O2S/c1-3-5-8-18-11-13-19(14-12-18)16-22-23(28)26-24(30-22)27-25-17-20-9-6-7-10-21(20)29-15-4-2/h6-7,9-14,17,22H,3-5,8,15-16H2,1-2H3,(H,26,27,28)/b25-17-/t22-/m0/s1. The fraction of sp³-hybridized carbons (Fsp3) is 0.375. The zero-order chi connectivity index (χ0) is 21.2. The van der Waals surface area contributed by atoms with Crippen molar-refractivity contribution in [2.75, 3.05) is 6.61 Å². The Hall–Kier alpha value is -2.60. The van der Waals surface area contributed by atoms with Crippen molar-refractivity contribution in [2.45, 2.75) is 51.2 Å². The number of ether oxygens (including phenoxy) is 1. The van der Waals surface area contributed by atoms with E-state index in [4.69, 9.17) is 4.74 Å². The van der Waals surface area contributed by atoms with Gasteiger partial charge >= 0.3 is 0 Å². The second-order valence-corrected chi connectivity index (χ2v) is 8.45. The molecule has 2 aromatic carbocycles. The van der Waals surface area contributed by atoms with Gasteiger partial charge in [-0.3, -0.25) is 4.79 Å². The molecule has 2 aromatic rings. The van der Waals surface area contributed by atoms with Gasteiger partial charge in [0.2, 0.25) is 5.91 Å². The number of nitrogens with zero attached hydrogens (tertiary/aromatic N) is 2. The highest BCUT2D eigenvalue weighted by molar-refractivity contribution is 8.15. The molecule has 1 fully saturated rings. The van der Waals surface area contributed by atoms with Gasteiger partial charge in [0, 0.05) is 5.56 Å². The molecule has 1 saturated heterocycles. The van der Waals surface area contributed by atoms with E-state index in [9.17, 15) is 4.79 Å². The summed E-state index contributed by atoms with van der Waals surface area (Å²) >= 11 is 1.43. The van der Waals surface area contributed by atoms with Gasteiger partial charge in [0.25, 0.3) is 0 Å². The Kier molecular flexibility index (Phi) is 8.51. The number of aryl methyl sites for hydroxylation is 1. The van der Waals surface area contributed by atoms with Crippen molar-refractivity contribution >= 4 is 29.1 Å². The van der Waals surface area contributed by atoms with Crippen molar-refractivity contribution in [1.82, 2.24) is 5.32 Å². The number of benzene rings is 2. The highest BCUT2D eigenvalue weighted by Crippen LogP contribution is 2.24. The number of para-hydroxylation sites is 1. The quantitative estimate of drug-likeness (QED) is 0.433. The number of amidine groups is 1. The number of rotatable bonds is 10. The van der Waals surface area contributed by atoms with Crippen LogP contribution in [0, 0.1) is 0 Å². The van der Waals surface area contributed by atoms with Gasteiger partial charge in [0.15, 0.2) is 5.17 Å². The van der Waals surface area contributed by atoms with Gasteiger partial charge in [-0.2, -0.15) is 5.10 Å². The lowest BCUT2D eigenvalue weighted by molar-refractivity contribution is -0.118. The average Bonchev–Trinajstić information content (AvgIpc) is 3.11. The van der Waals surface area contributed by atoms with Crippen molar-refractivity contribution in [2.24, 2.45) is 10.2 Å². The fourth-order valence-electron chi connectivity index (χ4n) is 3.10. The Morgan fingerprint density at radius 3 is 2.60 bits per heavy atom. The Morgan fingerprint density at radius 1 is 1.07 bits per heavy atom. The normalized spacial score (nSPS) is 17.6. The van der Waals surface area contributed by atoms with Gasteiger partial charge in [0.1, 0.15) is 5.75 Å². The summed E-state index contributed by atoms with van der Waals surface area (Å²) in [5, 5.41) is 11.5. The average molecular weight is 424 g/mol. The third-order valence-electron chi connectivity index (χ3n) is 4.77. The molecule has 0 unspecified atom stereocenters. The Labute approximate surface area is 183 Å². The molecule has 1 N–H and O–H groups in total. The number of carbonyl (C=O) groups is 1. The first-order chi connectivity index (χ1) is 14.7. The zero-order valence-corrected chi connectivity index (χ0v) is 18.5. The van der Waals surface area contributed by atoms with Crippen LogP contribution in [0.2, 0.25) is 0 Å². The number of hydrogen-bond donors (Lipinski definition) is 1. The molecule has 1 atom stereocenters. The van der Waals surface area contributed by atoms with E-state index in [2.05, 4.69) is 53.6 Å². The molecule has 0 radical (unpaired) electrons. The smallest absolute Gasteiger partial charge is 0.239 e. The summed E-state index contributed by atoms with van der Waals surface area (Å²) in [6.45, 7) is 4.93. The molecule has 1 aliphatic rings. The van der Waals surface area contributed by atoms with E-state index >= 15 is 0 Å². The van der Waals surface area contributed by atoms with Gasteiger partial charge in [-0.15, -0.1) is 5.10 Å². The SMILES string of the molecule is CCCCc1ccc(C[C@@H]2S/C(=N\N=C/c3ccccc3OCCC)NC2=O)cc1. The van der Waals surface area contributed by atoms with E-state index in [1.165, 1.54) is 30.2 Å². The van der Waals surface area contributed by atoms with Crippen molar-refractivity contribution in [3.63, 3.8) is 0 Å². The van der Waals surface area contributed by atoms with Crippen LogP contribution in [0.15, 0.2) is 58.7 Å². The predicted molar refractivity (Wildman–Crippen MR) is 126 cm³/mol. The van der Waals surface area contributed by atoms with Crippen molar-refractivity contribution in [1.29, 1.82) is 0 Å². The molecule has 0 aromatic heterocycles. The highest BCUT2D eigenvalue weighted by atomic mass is 32.2. The first-order valence-electron chi connectivity index (χ1n) is 10.6. The topological polar surface area (TPSA) is 63.1 Å². The number of nitrogens with one attached hydrogen (secondary N) is 1. The van der Waals surface area contributed by atoms with Crippen molar-refractivity contribution in [3.8, 4) is 5.75 Å². The molecule has 1 amide bonds. The predicted octanol–water partition coefficient (Wildman–Crippen LogP) is 4.98. The maximum absolute atomic E-state index is 12.3. The van der Waals surface area contributed by atoms with Crippen LogP contribution in [-0.2, 0) is 17.6 Å². The number of thioether (sulfide) groups is 1. The molecule has 30 heavy (non-hydrogen) atoms. The first kappa shape index (κ1) is 22.1. The van der Waals surface area contributed by atoms with Crippen LogP contribution >= 0.6 is 11.8 Å². The van der Waals surface area contributed by atoms with Crippen molar-refractivity contribution < 1.29 is 9.53 Å². The van der Waals surface area contributed by atoms with Gasteiger partial charge < -0.3 is 10.1 Å². The second kappa shape index (κ2) is 11.6. The monoisotopic (exact) mass is 423 g/mol. The summed E-state index contributed by atoms with van der Waals surface area (Å²) in [6.07, 6.45) is 6.79. The van der Waals surface area contributed by atoms with Crippen LogP contribution in [-0.4, -0.2) is 29.1 Å². The molecule has 1 aliphatic heterocycles. The van der Waals surface area contributed by atoms with Gasteiger partial charge in [-0.05, 0) is 48.9 Å². The van der Waals surface area contributed by atoms with Crippen LogP contribution in [0.1, 0.15) is 49.8 Å². The Bertz CT molecular complexity index is 894. The van der Waals surface area contributed by atoms with Crippen LogP contribution in [0.25, 0.3) is 0 Å². The fourth-order valence-corrected chi connectivity index (χ4v) is 4.06. The van der Waals surface area contributed by atoms with Crippen LogP contribution < -0.4 is 10.1 Å². The van der Waals surface area contributed by atoms with Crippen LogP contribution in [0.3, 0.4) is 0 Å². The minimum atomic E-state index is -0.180. The first-order valence-corrected chi connectivity index (χ1v) is 11.5. The van der Waals surface area contributed by atoms with Crippen LogP contribution in [0.4, 0.5) is 0 Å². The summed E-state index contributed by atoms with van der Waals surface area (Å²) < 4.78 is 5.72. The summed E-state index contributed by atoms with van der Waals surface area (Å²) in [5.41, 5.74) is 3.38. The molecule has 6 heteroatoms. The lowest BCUT2D eigenvalue weighted by Crippen LogP contribution is -2.25. The summed E-state index contributed by atoms with van der Waals surface area (Å²) in [4.78, 5) is 12.3. The molecular formula is C24H29N3O2S. The van der Waals surface area contributed by atoms with E-state index in [-0.39, 0.29) is 11.2 Å². The van der Waals surface area contributed by atoms with E-state index in [0.29, 0.717) is 18.2 Å². The highest BCUT2D eigenvalue weighted by Gasteiger charge is 2.30. The molecule has 5 nitrogen and oxygen atoms in total. The van der Waals surface area contributed by atoms with Crippen molar-refractivity contribution in [3.05, 3.63) is 65.2 Å². The summed E-state index contributed by atoms with van der Waals surface area (Å²) in [6, 6.07) is 16.3. The molecule has 0 aliphatic carbocycles. The summed E-state index contributed by atoms with van der Waals surface area (Å²) in [7, 11) is 0. The lowest BCUT2D eigenvalue weighted by Gasteiger charge is -2.07. The number of carbonyl (C=O) groups excluding carboxylic acids is 1. The van der Waals surface area contributed by atoms with E-state index in [0.717, 1.165) is 29.7 Å².